The van der Waals surface area contributed by atoms with E-state index in [4.69, 9.17) is 4.74 Å². The lowest BCUT2D eigenvalue weighted by molar-refractivity contribution is -0.134. The van der Waals surface area contributed by atoms with E-state index in [0.29, 0.717) is 43.2 Å². The minimum Gasteiger partial charge on any atom is -0.494 e. The predicted octanol–water partition coefficient (Wildman–Crippen LogP) is 1.71. The summed E-state index contributed by atoms with van der Waals surface area (Å²) in [5, 5.41) is 18.2. The molecule has 2 amide bonds. The number of nitrogens with one attached hydrogen (secondary N) is 1. The van der Waals surface area contributed by atoms with Gasteiger partial charge in [0.05, 0.1) is 24.9 Å². The fourth-order valence-corrected chi connectivity index (χ4v) is 4.32. The van der Waals surface area contributed by atoms with E-state index in [-0.39, 0.29) is 35.4 Å². The van der Waals surface area contributed by atoms with Crippen molar-refractivity contribution in [3.8, 4) is 5.88 Å². The number of ether oxygens (including phenoxy) is 1. The largest absolute Gasteiger partial charge is 0.494 e. The van der Waals surface area contributed by atoms with Crippen LogP contribution < -0.4 is 10.9 Å². The van der Waals surface area contributed by atoms with Crippen molar-refractivity contribution in [3.05, 3.63) is 33.3 Å². The number of nitrogens with zero attached hydrogens (tertiary/aromatic N) is 4. The average Bonchev–Trinajstić information content (AvgIpc) is 3.55. The van der Waals surface area contributed by atoms with Crippen molar-refractivity contribution in [2.45, 2.75) is 65.6 Å². The maximum atomic E-state index is 13.2. The minimum atomic E-state index is -0.682. The Bertz CT molecular complexity index is 1190. The topological polar surface area (TPSA) is 118 Å². The van der Waals surface area contributed by atoms with Gasteiger partial charge in [0, 0.05) is 30.8 Å². The van der Waals surface area contributed by atoms with Crippen molar-refractivity contribution in [1.82, 2.24) is 24.4 Å². The molecule has 0 unspecified atom stereocenters. The van der Waals surface area contributed by atoms with Crippen molar-refractivity contribution in [1.29, 1.82) is 0 Å². The van der Waals surface area contributed by atoms with Gasteiger partial charge in [0.25, 0.3) is 11.5 Å². The number of aryl methyl sites for hydroxylation is 1. The van der Waals surface area contributed by atoms with Crippen LogP contribution in [0.4, 0.5) is 0 Å². The number of aromatic hydroxyl groups is 1. The lowest BCUT2D eigenvalue weighted by atomic mass is 10.1. The maximum absolute atomic E-state index is 13.2. The van der Waals surface area contributed by atoms with Crippen molar-refractivity contribution in [3.63, 3.8) is 0 Å². The van der Waals surface area contributed by atoms with Gasteiger partial charge < -0.3 is 20.1 Å². The van der Waals surface area contributed by atoms with E-state index < -0.39 is 11.5 Å². The molecule has 2 aliphatic rings. The Morgan fingerprint density at radius 3 is 2.71 bits per heavy atom. The first-order valence-electron chi connectivity index (χ1n) is 11.9. The molecule has 2 N–H and O–H groups in total. The van der Waals surface area contributed by atoms with Crippen LogP contribution in [0, 0.1) is 12.8 Å². The summed E-state index contributed by atoms with van der Waals surface area (Å²) < 4.78 is 8.19. The number of fused-ring (bicyclic) bond motifs is 1. The van der Waals surface area contributed by atoms with Crippen LogP contribution in [0.2, 0.25) is 0 Å². The Kier molecular flexibility index (Phi) is 6.79. The third kappa shape index (κ3) is 4.59. The van der Waals surface area contributed by atoms with Gasteiger partial charge in [-0.25, -0.2) is 0 Å². The smallest absolute Gasteiger partial charge is 0.291 e. The normalized spacial score (nSPS) is 18.9. The Morgan fingerprint density at radius 2 is 2.06 bits per heavy atom. The van der Waals surface area contributed by atoms with Crippen LogP contribution in [0.1, 0.15) is 61.6 Å². The molecular weight excluding hydrogens is 438 g/mol. The molecule has 184 valence electrons. The Balaban J connectivity index is 1.79. The molecule has 1 saturated heterocycles. The van der Waals surface area contributed by atoms with Crippen LogP contribution in [-0.4, -0.2) is 67.8 Å². The Labute approximate surface area is 198 Å². The first-order valence-corrected chi connectivity index (χ1v) is 11.9. The van der Waals surface area contributed by atoms with E-state index in [9.17, 15) is 19.5 Å². The van der Waals surface area contributed by atoms with Crippen LogP contribution in [0.15, 0.2) is 10.9 Å². The average molecular weight is 472 g/mol. The van der Waals surface area contributed by atoms with Crippen LogP contribution in [0.5, 0.6) is 5.88 Å². The SMILES string of the molecule is CC[C@@H]1COCCN1C(=O)/C=C/c1c(C)nn2c(=O)c(C(=O)NC3CC3)c(O)n(CC(C)C)c12. The summed E-state index contributed by atoms with van der Waals surface area (Å²) in [5.41, 5.74) is 0.436. The first kappa shape index (κ1) is 24.0. The summed E-state index contributed by atoms with van der Waals surface area (Å²) in [6.45, 7) is 9.60. The highest BCUT2D eigenvalue weighted by molar-refractivity contribution is 5.97. The maximum Gasteiger partial charge on any atom is 0.291 e. The Morgan fingerprint density at radius 1 is 1.32 bits per heavy atom. The van der Waals surface area contributed by atoms with E-state index >= 15 is 0 Å². The van der Waals surface area contributed by atoms with Gasteiger partial charge in [-0.05, 0) is 38.2 Å². The molecular formula is C24H33N5O5. The van der Waals surface area contributed by atoms with Crippen molar-refractivity contribution < 1.29 is 19.4 Å². The molecule has 1 saturated carbocycles. The number of carbonyl (C=O) groups excluding carboxylic acids is 2. The predicted molar refractivity (Wildman–Crippen MR) is 127 cm³/mol. The highest BCUT2D eigenvalue weighted by Crippen LogP contribution is 2.26. The molecule has 3 heterocycles. The van der Waals surface area contributed by atoms with Gasteiger partial charge in [-0.2, -0.15) is 9.61 Å². The first-order chi connectivity index (χ1) is 16.2. The third-order valence-corrected chi connectivity index (χ3v) is 6.28. The molecule has 2 aromatic rings. The number of carbonyl (C=O) groups is 2. The minimum absolute atomic E-state index is 0.0200. The number of aromatic nitrogens is 3. The summed E-state index contributed by atoms with van der Waals surface area (Å²) in [4.78, 5) is 40.7. The fourth-order valence-electron chi connectivity index (χ4n) is 4.32. The zero-order valence-electron chi connectivity index (χ0n) is 20.2. The quantitative estimate of drug-likeness (QED) is 0.594. The van der Waals surface area contributed by atoms with Crippen LogP contribution in [0.3, 0.4) is 0 Å². The summed E-state index contributed by atoms with van der Waals surface area (Å²) in [6, 6.07) is 0.0585. The molecule has 2 fully saturated rings. The van der Waals surface area contributed by atoms with Crippen LogP contribution in [-0.2, 0) is 16.1 Å². The van der Waals surface area contributed by atoms with Gasteiger partial charge in [0.1, 0.15) is 5.65 Å². The van der Waals surface area contributed by atoms with Crippen molar-refractivity contribution in [2.24, 2.45) is 5.92 Å². The second-order valence-electron chi connectivity index (χ2n) is 9.49. The lowest BCUT2D eigenvalue weighted by Gasteiger charge is -2.34. The van der Waals surface area contributed by atoms with Crippen LogP contribution >= 0.6 is 0 Å². The molecule has 10 nitrogen and oxygen atoms in total. The summed E-state index contributed by atoms with van der Waals surface area (Å²) in [7, 11) is 0. The fraction of sp³-hybridized carbons (Fsp3) is 0.583. The Hall–Kier alpha value is -3.14. The van der Waals surface area contributed by atoms with Gasteiger partial charge in [-0.3, -0.25) is 19.0 Å². The van der Waals surface area contributed by atoms with Gasteiger partial charge in [0.15, 0.2) is 5.56 Å². The van der Waals surface area contributed by atoms with Gasteiger partial charge in [-0.1, -0.05) is 20.8 Å². The van der Waals surface area contributed by atoms with Gasteiger partial charge >= 0.3 is 0 Å². The van der Waals surface area contributed by atoms with Crippen LogP contribution in [0.25, 0.3) is 11.7 Å². The van der Waals surface area contributed by atoms with E-state index in [1.807, 2.05) is 20.8 Å². The summed E-state index contributed by atoms with van der Waals surface area (Å²) in [5.74, 6) is -1.01. The number of hydrogen-bond donors (Lipinski definition) is 2. The lowest BCUT2D eigenvalue weighted by Crippen LogP contribution is -2.47. The second-order valence-corrected chi connectivity index (χ2v) is 9.49. The zero-order valence-corrected chi connectivity index (χ0v) is 20.2. The third-order valence-electron chi connectivity index (χ3n) is 6.28. The highest BCUT2D eigenvalue weighted by atomic mass is 16.5. The number of amides is 2. The second kappa shape index (κ2) is 9.61. The zero-order chi connectivity index (χ0) is 24.6. The molecule has 2 aromatic heterocycles. The molecule has 1 aliphatic carbocycles. The molecule has 0 radical (unpaired) electrons. The van der Waals surface area contributed by atoms with E-state index in [1.165, 1.54) is 6.08 Å². The molecule has 0 bridgehead atoms. The summed E-state index contributed by atoms with van der Waals surface area (Å²) in [6.07, 6.45) is 5.64. The monoisotopic (exact) mass is 471 g/mol. The molecule has 4 rings (SSSR count). The number of hydrogen-bond acceptors (Lipinski definition) is 6. The van der Waals surface area contributed by atoms with Crippen molar-refractivity contribution >= 4 is 23.5 Å². The van der Waals surface area contributed by atoms with E-state index in [2.05, 4.69) is 10.4 Å². The van der Waals surface area contributed by atoms with Gasteiger partial charge in [0.2, 0.25) is 11.8 Å². The number of morpholine rings is 1. The summed E-state index contributed by atoms with van der Waals surface area (Å²) >= 11 is 0. The molecule has 0 aromatic carbocycles. The van der Waals surface area contributed by atoms with Gasteiger partial charge in [-0.15, -0.1) is 0 Å². The highest BCUT2D eigenvalue weighted by Gasteiger charge is 2.30. The number of rotatable bonds is 7. The van der Waals surface area contributed by atoms with Crippen molar-refractivity contribution in [2.75, 3.05) is 19.8 Å². The molecule has 0 spiro atoms. The molecule has 1 atom stereocenters. The molecule has 1 aliphatic heterocycles. The standard InChI is InChI=1S/C24H33N5O5/c1-5-17-13-34-11-10-27(17)19(30)9-8-18-15(4)26-29-22(18)28(12-14(2)3)23(32)20(24(29)33)21(31)25-16-6-7-16/h8-9,14,16-17,32H,5-7,10-13H2,1-4H3,(H,25,31)/b9-8+/t17-/m1/s1. The molecule has 34 heavy (non-hydrogen) atoms. The van der Waals surface area contributed by atoms with E-state index in [1.54, 1.807) is 22.5 Å². The molecule has 10 heteroatoms. The van der Waals surface area contributed by atoms with E-state index in [0.717, 1.165) is 23.8 Å².